The van der Waals surface area contributed by atoms with Crippen LogP contribution in [0.4, 0.5) is 17.1 Å². The van der Waals surface area contributed by atoms with E-state index in [9.17, 15) is 4.79 Å². The van der Waals surface area contributed by atoms with Crippen LogP contribution < -0.4 is 9.64 Å². The molecule has 0 heterocycles. The van der Waals surface area contributed by atoms with Crippen LogP contribution in [-0.2, 0) is 9.53 Å². The number of esters is 1. The molecule has 4 nitrogen and oxygen atoms in total. The van der Waals surface area contributed by atoms with Crippen LogP contribution in [0.15, 0.2) is 84.9 Å². The van der Waals surface area contributed by atoms with Gasteiger partial charge in [0.05, 0.1) is 0 Å². The molecular formula is C31H33NO3. The first-order chi connectivity index (χ1) is 17.0. The first-order valence-electron chi connectivity index (χ1n) is 12.8. The highest BCUT2D eigenvalue weighted by molar-refractivity contribution is 5.76. The van der Waals surface area contributed by atoms with Crippen molar-refractivity contribution < 1.29 is 14.3 Å². The van der Waals surface area contributed by atoms with Crippen LogP contribution in [0.2, 0.25) is 0 Å². The Balaban J connectivity index is 1.12. The molecule has 5 atom stereocenters. The molecule has 6 rings (SSSR count). The smallest absolute Gasteiger partial charge is 0.344 e. The van der Waals surface area contributed by atoms with Crippen LogP contribution in [-0.4, -0.2) is 18.2 Å². The molecule has 3 aliphatic carbocycles. The number of hydrogen-bond donors (Lipinski definition) is 0. The number of benzene rings is 3. The molecule has 2 bridgehead atoms. The standard InChI is InChI=1S/C31H33NO3/c1-22-17-23-19-31(18-22)20-28(31)30(23,2)35-29(33)21-34-27-15-13-26(14-16-27)32(24-9-5-3-6-10-24)25-11-7-4-8-12-25/h3-16,22-23,28H,17-21H2,1-2H3. The zero-order chi connectivity index (χ0) is 24.0. The highest BCUT2D eigenvalue weighted by Crippen LogP contribution is 2.76. The average Bonchev–Trinajstić information content (AvgIpc) is 3.53. The molecule has 0 aliphatic heterocycles. The molecule has 5 unspecified atom stereocenters. The Morgan fingerprint density at radius 3 is 2.09 bits per heavy atom. The predicted molar refractivity (Wildman–Crippen MR) is 138 cm³/mol. The molecule has 0 aromatic heterocycles. The Morgan fingerprint density at radius 1 is 0.857 bits per heavy atom. The zero-order valence-electron chi connectivity index (χ0n) is 20.5. The molecular weight excluding hydrogens is 434 g/mol. The van der Waals surface area contributed by atoms with Gasteiger partial charge in [-0.15, -0.1) is 0 Å². The van der Waals surface area contributed by atoms with E-state index < -0.39 is 0 Å². The topological polar surface area (TPSA) is 38.8 Å². The largest absolute Gasteiger partial charge is 0.482 e. The number of hydrogen-bond acceptors (Lipinski definition) is 4. The maximum absolute atomic E-state index is 12.8. The molecule has 3 fully saturated rings. The second-order valence-corrected chi connectivity index (χ2v) is 11.0. The lowest BCUT2D eigenvalue weighted by Gasteiger charge is -2.37. The Kier molecular flexibility index (Phi) is 5.36. The third-order valence-corrected chi connectivity index (χ3v) is 8.60. The summed E-state index contributed by atoms with van der Waals surface area (Å²) in [5.41, 5.74) is 3.32. The Hall–Kier alpha value is -3.27. The van der Waals surface area contributed by atoms with Crippen molar-refractivity contribution >= 4 is 23.0 Å². The van der Waals surface area contributed by atoms with Crippen LogP contribution in [0.1, 0.15) is 39.5 Å². The Bertz CT molecular complexity index is 1160. The maximum Gasteiger partial charge on any atom is 0.344 e. The lowest BCUT2D eigenvalue weighted by atomic mass is 9.74. The fraction of sp³-hybridized carbons (Fsp3) is 0.387. The van der Waals surface area contributed by atoms with Gasteiger partial charge in [0.1, 0.15) is 11.4 Å². The van der Waals surface area contributed by atoms with Gasteiger partial charge < -0.3 is 14.4 Å². The van der Waals surface area contributed by atoms with Crippen LogP contribution >= 0.6 is 0 Å². The van der Waals surface area contributed by atoms with Crippen molar-refractivity contribution in [1.29, 1.82) is 0 Å². The van der Waals surface area contributed by atoms with Gasteiger partial charge in [-0.2, -0.15) is 0 Å². The molecule has 0 radical (unpaired) electrons. The molecule has 3 aliphatic rings. The number of anilines is 3. The van der Waals surface area contributed by atoms with Crippen LogP contribution in [0.3, 0.4) is 0 Å². The van der Waals surface area contributed by atoms with Gasteiger partial charge in [0.2, 0.25) is 0 Å². The minimum absolute atomic E-state index is 0.0575. The van der Waals surface area contributed by atoms with Gasteiger partial charge in [0.15, 0.2) is 6.61 Å². The number of para-hydroxylation sites is 2. The summed E-state index contributed by atoms with van der Waals surface area (Å²) in [6.45, 7) is 4.46. The van der Waals surface area contributed by atoms with E-state index in [2.05, 4.69) is 43.0 Å². The fourth-order valence-corrected chi connectivity index (χ4v) is 7.12. The number of carbonyl (C=O) groups excluding carboxylic acids is 1. The summed E-state index contributed by atoms with van der Waals surface area (Å²) in [6, 6.07) is 28.5. The fourth-order valence-electron chi connectivity index (χ4n) is 7.12. The highest BCUT2D eigenvalue weighted by atomic mass is 16.6. The number of nitrogens with zero attached hydrogens (tertiary/aromatic N) is 1. The SMILES string of the molecule is CC1CC2CC3(C1)CC3C2(C)OC(=O)COc1ccc(N(c2ccccc2)c2ccccc2)cc1. The molecule has 4 heteroatoms. The lowest BCUT2D eigenvalue weighted by molar-refractivity contribution is -0.167. The normalized spacial score (nSPS) is 30.3. The molecule has 0 N–H and O–H groups in total. The van der Waals surface area contributed by atoms with Gasteiger partial charge in [0, 0.05) is 23.0 Å². The van der Waals surface area contributed by atoms with Gasteiger partial charge in [-0.3, -0.25) is 0 Å². The van der Waals surface area contributed by atoms with Gasteiger partial charge in [-0.25, -0.2) is 4.79 Å². The number of ether oxygens (including phenoxy) is 2. The summed E-state index contributed by atoms with van der Waals surface area (Å²) < 4.78 is 12.0. The van der Waals surface area contributed by atoms with Crippen LogP contribution in [0.5, 0.6) is 5.75 Å². The van der Waals surface area contributed by atoms with E-state index in [1.165, 1.54) is 25.7 Å². The van der Waals surface area contributed by atoms with Crippen molar-refractivity contribution in [3.05, 3.63) is 84.9 Å². The van der Waals surface area contributed by atoms with Crippen molar-refractivity contribution in [3.63, 3.8) is 0 Å². The number of rotatable bonds is 7. The highest BCUT2D eigenvalue weighted by Gasteiger charge is 2.73. The van der Waals surface area contributed by atoms with Crippen LogP contribution in [0.25, 0.3) is 0 Å². The summed E-state index contributed by atoms with van der Waals surface area (Å²) in [5.74, 6) is 2.18. The molecule has 180 valence electrons. The van der Waals surface area contributed by atoms with Crippen molar-refractivity contribution in [1.82, 2.24) is 0 Å². The van der Waals surface area contributed by atoms with Crippen molar-refractivity contribution in [2.75, 3.05) is 11.5 Å². The molecule has 0 saturated heterocycles. The zero-order valence-corrected chi connectivity index (χ0v) is 20.5. The third kappa shape index (κ3) is 3.99. The second kappa shape index (κ2) is 8.44. The van der Waals surface area contributed by atoms with E-state index in [4.69, 9.17) is 9.47 Å². The van der Waals surface area contributed by atoms with E-state index in [-0.39, 0.29) is 18.2 Å². The number of fused-ring (bicyclic) bond motifs is 1. The molecule has 0 amide bonds. The summed E-state index contributed by atoms with van der Waals surface area (Å²) in [6.07, 6.45) is 4.92. The van der Waals surface area contributed by atoms with E-state index in [1.807, 2.05) is 60.7 Å². The van der Waals surface area contributed by atoms with Crippen LogP contribution in [0, 0.1) is 23.2 Å². The van der Waals surface area contributed by atoms with Crippen molar-refractivity contribution in [2.24, 2.45) is 23.2 Å². The quantitative estimate of drug-likeness (QED) is 0.342. The van der Waals surface area contributed by atoms with Gasteiger partial charge in [-0.1, -0.05) is 43.3 Å². The predicted octanol–water partition coefficient (Wildman–Crippen LogP) is 7.29. The third-order valence-electron chi connectivity index (χ3n) is 8.60. The average molecular weight is 468 g/mol. The molecule has 35 heavy (non-hydrogen) atoms. The minimum Gasteiger partial charge on any atom is -0.482 e. The molecule has 3 aromatic rings. The maximum atomic E-state index is 12.8. The molecule has 3 saturated carbocycles. The van der Waals surface area contributed by atoms with Gasteiger partial charge >= 0.3 is 5.97 Å². The van der Waals surface area contributed by atoms with E-state index in [0.29, 0.717) is 23.0 Å². The summed E-state index contributed by atoms with van der Waals surface area (Å²) >= 11 is 0. The first kappa shape index (κ1) is 22.2. The summed E-state index contributed by atoms with van der Waals surface area (Å²) in [7, 11) is 0. The Morgan fingerprint density at radius 2 is 1.46 bits per heavy atom. The van der Waals surface area contributed by atoms with Crippen molar-refractivity contribution in [2.45, 2.75) is 45.1 Å². The molecule has 1 spiro atoms. The first-order valence-corrected chi connectivity index (χ1v) is 12.8. The van der Waals surface area contributed by atoms with E-state index >= 15 is 0 Å². The number of carbonyl (C=O) groups is 1. The summed E-state index contributed by atoms with van der Waals surface area (Å²) in [4.78, 5) is 15.0. The van der Waals surface area contributed by atoms with E-state index in [0.717, 1.165) is 23.0 Å². The minimum atomic E-state index is -0.319. The van der Waals surface area contributed by atoms with Gasteiger partial charge in [-0.05, 0) is 98.4 Å². The summed E-state index contributed by atoms with van der Waals surface area (Å²) in [5, 5.41) is 0. The van der Waals surface area contributed by atoms with Gasteiger partial charge in [0.25, 0.3) is 0 Å². The Labute approximate surface area is 207 Å². The van der Waals surface area contributed by atoms with E-state index in [1.54, 1.807) is 0 Å². The second-order valence-electron chi connectivity index (χ2n) is 11.0. The molecule has 3 aromatic carbocycles. The lowest BCUT2D eigenvalue weighted by Crippen LogP contribution is -2.41. The monoisotopic (exact) mass is 467 g/mol. The van der Waals surface area contributed by atoms with Crippen molar-refractivity contribution in [3.8, 4) is 5.75 Å².